The van der Waals surface area contributed by atoms with E-state index in [1.54, 1.807) is 0 Å². The zero-order valence-electron chi connectivity index (χ0n) is 11.7. The topological polar surface area (TPSA) is 78.2 Å². The minimum Gasteiger partial charge on any atom is -0.394 e. The van der Waals surface area contributed by atoms with Crippen molar-refractivity contribution in [2.75, 3.05) is 25.1 Å². The summed E-state index contributed by atoms with van der Waals surface area (Å²) in [7, 11) is 0. The highest BCUT2D eigenvalue weighted by atomic mass is 16.5. The Balaban J connectivity index is 2.00. The number of aliphatic hydroxyl groups excluding tert-OH is 1. The maximum Gasteiger partial charge on any atom is 0.145 e. The fraction of sp³-hybridized carbons (Fsp3) is 0.375. The number of fused-ring (bicyclic) bond motifs is 1. The van der Waals surface area contributed by atoms with Crippen molar-refractivity contribution in [1.29, 1.82) is 5.26 Å². The van der Waals surface area contributed by atoms with Crippen molar-refractivity contribution in [2.45, 2.75) is 18.4 Å². The Labute approximate surface area is 123 Å². The van der Waals surface area contributed by atoms with E-state index in [-0.39, 0.29) is 6.61 Å². The van der Waals surface area contributed by atoms with E-state index in [2.05, 4.69) is 16.4 Å². The number of hydrogen-bond acceptors (Lipinski definition) is 5. The first-order chi connectivity index (χ1) is 10.3. The molecular weight excluding hydrogens is 266 g/mol. The number of nitriles is 1. The van der Waals surface area contributed by atoms with Crippen LogP contribution in [-0.2, 0) is 4.74 Å². The van der Waals surface area contributed by atoms with Crippen LogP contribution in [0.3, 0.4) is 0 Å². The number of anilines is 1. The maximum atomic E-state index is 9.75. The number of nitrogens with one attached hydrogen (secondary N) is 1. The van der Waals surface area contributed by atoms with E-state index in [1.807, 2.05) is 30.3 Å². The first-order valence-electron chi connectivity index (χ1n) is 7.03. The molecule has 5 nitrogen and oxygen atoms in total. The smallest absolute Gasteiger partial charge is 0.145 e. The Morgan fingerprint density at radius 3 is 2.81 bits per heavy atom. The number of para-hydroxylation sites is 1. The highest BCUT2D eigenvalue weighted by Crippen LogP contribution is 2.28. The molecule has 0 spiro atoms. The monoisotopic (exact) mass is 283 g/mol. The Bertz CT molecular complexity index is 687. The molecule has 0 bridgehead atoms. The molecule has 0 radical (unpaired) electrons. The Morgan fingerprint density at radius 2 is 2.10 bits per heavy atom. The van der Waals surface area contributed by atoms with Gasteiger partial charge in [-0.2, -0.15) is 5.26 Å². The van der Waals surface area contributed by atoms with Crippen molar-refractivity contribution in [1.82, 2.24) is 4.98 Å². The molecule has 108 valence electrons. The van der Waals surface area contributed by atoms with Crippen molar-refractivity contribution in [3.63, 3.8) is 0 Å². The molecule has 1 fully saturated rings. The van der Waals surface area contributed by atoms with Gasteiger partial charge in [-0.15, -0.1) is 0 Å². The molecule has 0 aliphatic carbocycles. The second-order valence-electron chi connectivity index (χ2n) is 5.36. The Kier molecular flexibility index (Phi) is 3.74. The molecule has 1 saturated heterocycles. The summed E-state index contributed by atoms with van der Waals surface area (Å²) in [5.74, 6) is 0.534. The zero-order chi connectivity index (χ0) is 14.7. The van der Waals surface area contributed by atoms with Crippen molar-refractivity contribution < 1.29 is 9.84 Å². The molecule has 1 aliphatic heterocycles. The summed E-state index contributed by atoms with van der Waals surface area (Å²) in [5.41, 5.74) is 0.867. The summed E-state index contributed by atoms with van der Waals surface area (Å²) in [6.07, 6.45) is 1.39. The predicted octanol–water partition coefficient (Wildman–Crippen LogP) is 2.06. The number of hydrogen-bond donors (Lipinski definition) is 2. The lowest BCUT2D eigenvalue weighted by Crippen LogP contribution is -2.47. The second kappa shape index (κ2) is 5.68. The lowest BCUT2D eigenvalue weighted by molar-refractivity contribution is 0.0378. The highest BCUT2D eigenvalue weighted by molar-refractivity contribution is 5.82. The molecule has 2 aromatic rings. The van der Waals surface area contributed by atoms with E-state index < -0.39 is 5.54 Å². The number of aromatic nitrogens is 1. The minimum atomic E-state index is -0.459. The van der Waals surface area contributed by atoms with Gasteiger partial charge in [0, 0.05) is 18.6 Å². The van der Waals surface area contributed by atoms with Crippen LogP contribution in [0.5, 0.6) is 0 Å². The average Bonchev–Trinajstić information content (AvgIpc) is 2.55. The van der Waals surface area contributed by atoms with Crippen molar-refractivity contribution in [3.8, 4) is 6.07 Å². The van der Waals surface area contributed by atoms with E-state index >= 15 is 0 Å². The minimum absolute atomic E-state index is 0.00423. The number of benzene rings is 1. The summed E-state index contributed by atoms with van der Waals surface area (Å²) in [5, 5.41) is 23.3. The molecule has 21 heavy (non-hydrogen) atoms. The van der Waals surface area contributed by atoms with Crippen LogP contribution in [0.25, 0.3) is 10.9 Å². The summed E-state index contributed by atoms with van der Waals surface area (Å²) in [4.78, 5) is 4.55. The third-order valence-electron chi connectivity index (χ3n) is 3.98. The van der Waals surface area contributed by atoms with Crippen LogP contribution in [0.1, 0.15) is 18.4 Å². The summed E-state index contributed by atoms with van der Waals surface area (Å²) in [6, 6.07) is 11.7. The van der Waals surface area contributed by atoms with Gasteiger partial charge in [0.05, 0.1) is 23.2 Å². The van der Waals surface area contributed by atoms with Gasteiger partial charge in [-0.25, -0.2) is 4.98 Å². The SMILES string of the molecule is N#Cc1cc2ccccc2nc1NC1(CO)CCOCC1. The van der Waals surface area contributed by atoms with Crippen LogP contribution in [0.15, 0.2) is 30.3 Å². The van der Waals surface area contributed by atoms with Gasteiger partial charge in [-0.1, -0.05) is 18.2 Å². The summed E-state index contributed by atoms with van der Waals surface area (Å²) in [6.45, 7) is 1.20. The molecule has 0 unspecified atom stereocenters. The summed E-state index contributed by atoms with van der Waals surface area (Å²) < 4.78 is 5.35. The fourth-order valence-corrected chi connectivity index (χ4v) is 2.63. The predicted molar refractivity (Wildman–Crippen MR) is 80.0 cm³/mol. The van der Waals surface area contributed by atoms with Gasteiger partial charge in [0.25, 0.3) is 0 Å². The van der Waals surface area contributed by atoms with E-state index in [0.717, 1.165) is 10.9 Å². The van der Waals surface area contributed by atoms with Crippen LogP contribution in [0, 0.1) is 11.3 Å². The number of ether oxygens (including phenoxy) is 1. The van der Waals surface area contributed by atoms with Crippen LogP contribution in [-0.4, -0.2) is 35.5 Å². The molecule has 5 heteroatoms. The first kappa shape index (κ1) is 13.8. The number of pyridine rings is 1. The van der Waals surface area contributed by atoms with Gasteiger partial charge >= 0.3 is 0 Å². The zero-order valence-corrected chi connectivity index (χ0v) is 11.7. The normalized spacial score (nSPS) is 17.3. The standard InChI is InChI=1S/C16H17N3O2/c17-10-13-9-12-3-1-2-4-14(12)18-15(13)19-16(11-20)5-7-21-8-6-16/h1-4,9,20H,5-8,11H2,(H,18,19). The van der Waals surface area contributed by atoms with E-state index in [9.17, 15) is 10.4 Å². The van der Waals surface area contributed by atoms with Crippen LogP contribution in [0.2, 0.25) is 0 Å². The average molecular weight is 283 g/mol. The van der Waals surface area contributed by atoms with Crippen LogP contribution in [0.4, 0.5) is 5.82 Å². The quantitative estimate of drug-likeness (QED) is 0.901. The molecule has 3 rings (SSSR count). The summed E-state index contributed by atoms with van der Waals surface area (Å²) >= 11 is 0. The molecule has 1 aliphatic rings. The van der Waals surface area contributed by atoms with E-state index in [0.29, 0.717) is 37.4 Å². The molecule has 1 aromatic carbocycles. The van der Waals surface area contributed by atoms with Crippen molar-refractivity contribution in [2.24, 2.45) is 0 Å². The van der Waals surface area contributed by atoms with Gasteiger partial charge in [-0.05, 0) is 25.0 Å². The van der Waals surface area contributed by atoms with Gasteiger partial charge in [0.2, 0.25) is 0 Å². The third kappa shape index (κ3) is 2.68. The second-order valence-corrected chi connectivity index (χ2v) is 5.36. The Hall–Kier alpha value is -2.16. The lowest BCUT2D eigenvalue weighted by Gasteiger charge is -2.37. The molecule has 0 saturated carbocycles. The molecule has 2 heterocycles. The van der Waals surface area contributed by atoms with Crippen LogP contribution >= 0.6 is 0 Å². The largest absolute Gasteiger partial charge is 0.394 e. The molecule has 1 aromatic heterocycles. The molecular formula is C16H17N3O2. The molecule has 0 amide bonds. The Morgan fingerprint density at radius 1 is 1.33 bits per heavy atom. The van der Waals surface area contributed by atoms with E-state index in [1.165, 1.54) is 0 Å². The van der Waals surface area contributed by atoms with Crippen LogP contribution < -0.4 is 5.32 Å². The maximum absolute atomic E-state index is 9.75. The van der Waals surface area contributed by atoms with E-state index in [4.69, 9.17) is 4.74 Å². The van der Waals surface area contributed by atoms with Crippen molar-refractivity contribution in [3.05, 3.63) is 35.9 Å². The fourth-order valence-electron chi connectivity index (χ4n) is 2.63. The van der Waals surface area contributed by atoms with Gasteiger partial charge in [-0.3, -0.25) is 0 Å². The van der Waals surface area contributed by atoms with Gasteiger partial charge in [0.1, 0.15) is 11.9 Å². The molecule has 0 atom stereocenters. The lowest BCUT2D eigenvalue weighted by atomic mass is 9.90. The van der Waals surface area contributed by atoms with Gasteiger partial charge < -0.3 is 15.2 Å². The van der Waals surface area contributed by atoms with Crippen molar-refractivity contribution >= 4 is 16.7 Å². The molecule has 2 N–H and O–H groups in total. The highest BCUT2D eigenvalue weighted by Gasteiger charge is 2.32. The van der Waals surface area contributed by atoms with Gasteiger partial charge in [0.15, 0.2) is 0 Å². The third-order valence-corrected chi connectivity index (χ3v) is 3.98. The number of aliphatic hydroxyl groups is 1. The number of rotatable bonds is 3. The number of nitrogens with zero attached hydrogens (tertiary/aromatic N) is 2. The first-order valence-corrected chi connectivity index (χ1v) is 7.03.